The van der Waals surface area contributed by atoms with E-state index in [4.69, 9.17) is 11.6 Å². The summed E-state index contributed by atoms with van der Waals surface area (Å²) in [4.78, 5) is 0. The first-order valence-electron chi connectivity index (χ1n) is 6.28. The largest absolute Gasteiger partial charge is 0.395 e. The van der Waals surface area contributed by atoms with Crippen molar-refractivity contribution in [3.05, 3.63) is 35.9 Å². The Hall–Kier alpha value is -0.620. The lowest BCUT2D eigenvalue weighted by Gasteiger charge is -2.16. The zero-order valence-electron chi connectivity index (χ0n) is 10.8. The molecule has 0 spiro atoms. The third-order valence-corrected chi connectivity index (χ3v) is 4.47. The number of hydrogen-bond donors (Lipinski definition) is 2. The molecule has 1 rings (SSSR count). The number of halogens is 1. The molecule has 0 unspecified atom stereocenters. The maximum absolute atomic E-state index is 11.8. The molecule has 0 fully saturated rings. The number of hydrogen-bond acceptors (Lipinski definition) is 3. The molecular formula is C13H20ClNO3S. The van der Waals surface area contributed by atoms with Gasteiger partial charge in [-0.25, -0.2) is 13.1 Å². The summed E-state index contributed by atoms with van der Waals surface area (Å²) in [6.07, 6.45) is 1.68. The molecule has 0 heterocycles. The van der Waals surface area contributed by atoms with Gasteiger partial charge in [-0.3, -0.25) is 0 Å². The van der Waals surface area contributed by atoms with Gasteiger partial charge in [0, 0.05) is 11.9 Å². The van der Waals surface area contributed by atoms with Crippen molar-refractivity contribution in [1.29, 1.82) is 0 Å². The fourth-order valence-electron chi connectivity index (χ4n) is 1.74. The van der Waals surface area contributed by atoms with Crippen molar-refractivity contribution in [1.82, 2.24) is 4.72 Å². The van der Waals surface area contributed by atoms with Gasteiger partial charge in [0.15, 0.2) is 0 Å². The molecular weight excluding hydrogens is 286 g/mol. The third kappa shape index (κ3) is 6.92. The molecule has 0 amide bonds. The third-order valence-electron chi connectivity index (χ3n) is 2.69. The maximum Gasteiger partial charge on any atom is 0.211 e. The second-order valence-corrected chi connectivity index (χ2v) is 6.65. The lowest BCUT2D eigenvalue weighted by molar-refractivity contribution is 0.256. The topological polar surface area (TPSA) is 66.4 Å². The lowest BCUT2D eigenvalue weighted by atomic mass is 10.1. The van der Waals surface area contributed by atoms with E-state index in [-0.39, 0.29) is 12.4 Å². The van der Waals surface area contributed by atoms with Crippen LogP contribution in [-0.4, -0.2) is 37.8 Å². The molecule has 1 aromatic carbocycles. The summed E-state index contributed by atoms with van der Waals surface area (Å²) >= 11 is 5.52. The van der Waals surface area contributed by atoms with Crippen molar-refractivity contribution < 1.29 is 13.5 Å². The number of alkyl halides is 1. The van der Waals surface area contributed by atoms with Crippen LogP contribution in [0.4, 0.5) is 0 Å². The normalized spacial score (nSPS) is 13.4. The molecule has 1 aromatic rings. The van der Waals surface area contributed by atoms with E-state index >= 15 is 0 Å². The van der Waals surface area contributed by atoms with Gasteiger partial charge >= 0.3 is 0 Å². The van der Waals surface area contributed by atoms with E-state index in [1.54, 1.807) is 0 Å². The van der Waals surface area contributed by atoms with Crippen molar-refractivity contribution in [2.75, 3.05) is 18.2 Å². The van der Waals surface area contributed by atoms with Crippen LogP contribution in [0.2, 0.25) is 0 Å². The summed E-state index contributed by atoms with van der Waals surface area (Å²) in [6.45, 7) is -0.219. The average molecular weight is 306 g/mol. The Labute approximate surface area is 119 Å². The van der Waals surface area contributed by atoms with E-state index < -0.39 is 16.1 Å². The number of aliphatic hydroxyl groups excluding tert-OH is 1. The fourth-order valence-corrected chi connectivity index (χ4v) is 3.30. The minimum Gasteiger partial charge on any atom is -0.395 e. The van der Waals surface area contributed by atoms with Crippen LogP contribution in [0.25, 0.3) is 0 Å². The molecule has 0 saturated heterocycles. The highest BCUT2D eigenvalue weighted by atomic mass is 35.5. The van der Waals surface area contributed by atoms with Crippen LogP contribution >= 0.6 is 11.6 Å². The van der Waals surface area contributed by atoms with Gasteiger partial charge < -0.3 is 5.11 Å². The first-order valence-corrected chi connectivity index (χ1v) is 8.47. The molecule has 0 aliphatic heterocycles. The van der Waals surface area contributed by atoms with Crippen LogP contribution in [0.15, 0.2) is 30.3 Å². The SMILES string of the molecule is O=S(=O)(CCCCCl)N[C@@H](CO)Cc1ccccc1. The van der Waals surface area contributed by atoms with Crippen LogP contribution in [0.5, 0.6) is 0 Å². The van der Waals surface area contributed by atoms with Gasteiger partial charge in [-0.05, 0) is 24.8 Å². The summed E-state index contributed by atoms with van der Waals surface area (Å²) in [6, 6.07) is 9.00. The summed E-state index contributed by atoms with van der Waals surface area (Å²) in [7, 11) is -3.35. The molecule has 108 valence electrons. The average Bonchev–Trinajstić information content (AvgIpc) is 2.39. The molecule has 0 aliphatic rings. The monoisotopic (exact) mass is 305 g/mol. The Kier molecular flexibility index (Phi) is 7.38. The van der Waals surface area contributed by atoms with Crippen molar-refractivity contribution in [2.45, 2.75) is 25.3 Å². The molecule has 4 nitrogen and oxygen atoms in total. The molecule has 2 N–H and O–H groups in total. The van der Waals surface area contributed by atoms with Gasteiger partial charge in [0.2, 0.25) is 10.0 Å². The molecule has 0 aliphatic carbocycles. The molecule has 1 atom stereocenters. The van der Waals surface area contributed by atoms with Gasteiger partial charge in [-0.1, -0.05) is 30.3 Å². The van der Waals surface area contributed by atoms with Crippen LogP contribution in [0.3, 0.4) is 0 Å². The predicted molar refractivity (Wildman–Crippen MR) is 77.9 cm³/mol. The van der Waals surface area contributed by atoms with E-state index in [0.29, 0.717) is 25.1 Å². The summed E-state index contributed by atoms with van der Waals surface area (Å²) in [5, 5.41) is 9.27. The van der Waals surface area contributed by atoms with Crippen LogP contribution in [-0.2, 0) is 16.4 Å². The van der Waals surface area contributed by atoms with Gasteiger partial charge in [-0.2, -0.15) is 0 Å². The first kappa shape index (κ1) is 16.4. The first-order chi connectivity index (χ1) is 9.07. The van der Waals surface area contributed by atoms with E-state index in [2.05, 4.69) is 4.72 Å². The predicted octanol–water partition coefficient (Wildman–Crippen LogP) is 1.53. The minimum absolute atomic E-state index is 0.0466. The molecule has 6 heteroatoms. The van der Waals surface area contributed by atoms with Crippen LogP contribution in [0, 0.1) is 0 Å². The highest BCUT2D eigenvalue weighted by Gasteiger charge is 2.17. The Balaban J connectivity index is 2.52. The highest BCUT2D eigenvalue weighted by Crippen LogP contribution is 2.05. The van der Waals surface area contributed by atoms with E-state index in [1.807, 2.05) is 30.3 Å². The highest BCUT2D eigenvalue weighted by molar-refractivity contribution is 7.89. The Morgan fingerprint density at radius 2 is 1.89 bits per heavy atom. The van der Waals surface area contributed by atoms with E-state index in [9.17, 15) is 13.5 Å². The van der Waals surface area contributed by atoms with Gasteiger partial charge in [-0.15, -0.1) is 11.6 Å². The van der Waals surface area contributed by atoms with Crippen molar-refractivity contribution in [2.24, 2.45) is 0 Å². The fraction of sp³-hybridized carbons (Fsp3) is 0.538. The number of nitrogens with one attached hydrogen (secondary N) is 1. The van der Waals surface area contributed by atoms with Crippen LogP contribution < -0.4 is 4.72 Å². The maximum atomic E-state index is 11.8. The number of benzene rings is 1. The Morgan fingerprint density at radius 3 is 2.47 bits per heavy atom. The van der Waals surface area contributed by atoms with Crippen molar-refractivity contribution in [3.63, 3.8) is 0 Å². The quantitative estimate of drug-likeness (QED) is 0.537. The Morgan fingerprint density at radius 1 is 1.21 bits per heavy atom. The number of sulfonamides is 1. The van der Waals surface area contributed by atoms with Crippen molar-refractivity contribution >= 4 is 21.6 Å². The van der Waals surface area contributed by atoms with E-state index in [1.165, 1.54) is 0 Å². The van der Waals surface area contributed by atoms with E-state index in [0.717, 1.165) is 5.56 Å². The van der Waals surface area contributed by atoms with Gasteiger partial charge in [0.25, 0.3) is 0 Å². The zero-order chi connectivity index (χ0) is 14.1. The van der Waals surface area contributed by atoms with Crippen LogP contribution in [0.1, 0.15) is 18.4 Å². The Bertz CT molecular complexity index is 450. The second-order valence-electron chi connectivity index (χ2n) is 4.40. The van der Waals surface area contributed by atoms with Gasteiger partial charge in [0.1, 0.15) is 0 Å². The molecule has 0 radical (unpaired) electrons. The summed E-state index contributed by atoms with van der Waals surface area (Å²) in [5.74, 6) is 0.508. The summed E-state index contributed by atoms with van der Waals surface area (Å²) in [5.41, 5.74) is 0.991. The zero-order valence-corrected chi connectivity index (χ0v) is 12.3. The standard InChI is InChI=1S/C13H20ClNO3S/c14-8-4-5-9-19(17,18)15-13(11-16)10-12-6-2-1-3-7-12/h1-3,6-7,13,15-16H,4-5,8-11H2/t13-/m1/s1. The molecule has 0 saturated carbocycles. The molecule has 19 heavy (non-hydrogen) atoms. The number of aliphatic hydroxyl groups is 1. The van der Waals surface area contributed by atoms with Crippen molar-refractivity contribution in [3.8, 4) is 0 Å². The lowest BCUT2D eigenvalue weighted by Crippen LogP contribution is -2.40. The summed E-state index contributed by atoms with van der Waals surface area (Å²) < 4.78 is 26.1. The smallest absolute Gasteiger partial charge is 0.211 e. The molecule has 0 bridgehead atoms. The minimum atomic E-state index is -3.35. The molecule has 0 aromatic heterocycles. The second kappa shape index (κ2) is 8.53. The number of unbranched alkanes of at least 4 members (excludes halogenated alkanes) is 1. The van der Waals surface area contributed by atoms with Gasteiger partial charge in [0.05, 0.1) is 12.4 Å². The number of rotatable bonds is 9.